The first-order valence-electron chi connectivity index (χ1n) is 5.91. The van der Waals surface area contributed by atoms with Gasteiger partial charge >= 0.3 is 0 Å². The van der Waals surface area contributed by atoms with Crippen molar-refractivity contribution in [2.24, 2.45) is 5.41 Å². The van der Waals surface area contributed by atoms with Gasteiger partial charge < -0.3 is 14.8 Å². The molecule has 0 aliphatic rings. The lowest BCUT2D eigenvalue weighted by Crippen LogP contribution is -2.39. The molecule has 1 aromatic heterocycles. The van der Waals surface area contributed by atoms with Crippen molar-refractivity contribution in [3.8, 4) is 0 Å². The van der Waals surface area contributed by atoms with E-state index >= 15 is 0 Å². The lowest BCUT2D eigenvalue weighted by Gasteiger charge is -2.25. The Kier molecular flexibility index (Phi) is 5.28. The van der Waals surface area contributed by atoms with Crippen molar-refractivity contribution in [1.29, 1.82) is 0 Å². The molecule has 1 rings (SSSR count). The summed E-state index contributed by atoms with van der Waals surface area (Å²) in [4.78, 5) is 11.9. The molecule has 0 saturated heterocycles. The third kappa shape index (κ3) is 4.74. The summed E-state index contributed by atoms with van der Waals surface area (Å²) in [5.74, 6) is 0.00492. The molecular weight excluding hydrogens is 250 g/mol. The number of thioether (sulfide) groups is 1. The predicted molar refractivity (Wildman–Crippen MR) is 72.9 cm³/mol. The molecule has 102 valence electrons. The van der Waals surface area contributed by atoms with E-state index in [9.17, 15) is 9.90 Å². The summed E-state index contributed by atoms with van der Waals surface area (Å²) in [6, 6.07) is 3.16. The summed E-state index contributed by atoms with van der Waals surface area (Å²) in [6.07, 6.45) is 2.60. The van der Waals surface area contributed by atoms with Gasteiger partial charge in [0.25, 0.3) is 5.91 Å². The van der Waals surface area contributed by atoms with Crippen molar-refractivity contribution in [1.82, 2.24) is 5.32 Å². The van der Waals surface area contributed by atoms with Gasteiger partial charge in [0.15, 0.2) is 10.9 Å². The van der Waals surface area contributed by atoms with E-state index in [2.05, 4.69) is 26.1 Å². The maximum atomic E-state index is 11.9. The number of aliphatic hydroxyl groups excluding tert-OH is 1. The van der Waals surface area contributed by atoms with Crippen molar-refractivity contribution < 1.29 is 14.3 Å². The van der Waals surface area contributed by atoms with Crippen LogP contribution in [0.2, 0.25) is 0 Å². The number of hydrogen-bond acceptors (Lipinski definition) is 4. The van der Waals surface area contributed by atoms with Crippen LogP contribution in [0.3, 0.4) is 0 Å². The fourth-order valence-electron chi connectivity index (χ4n) is 1.71. The Morgan fingerprint density at radius 1 is 1.50 bits per heavy atom. The van der Waals surface area contributed by atoms with Crippen molar-refractivity contribution in [3.63, 3.8) is 0 Å². The van der Waals surface area contributed by atoms with Gasteiger partial charge in [0.2, 0.25) is 0 Å². The number of carbonyl (C=O) groups excluding carboxylic acids is 1. The SMILES string of the molecule is CSc1ccc(C(=O)NC(CO)CC(C)(C)C)o1. The molecule has 0 fully saturated rings. The van der Waals surface area contributed by atoms with Crippen LogP contribution in [0.15, 0.2) is 21.6 Å². The van der Waals surface area contributed by atoms with E-state index in [1.807, 2.05) is 6.26 Å². The minimum absolute atomic E-state index is 0.0499. The highest BCUT2D eigenvalue weighted by molar-refractivity contribution is 7.98. The van der Waals surface area contributed by atoms with Gasteiger partial charge in [-0.3, -0.25) is 4.79 Å². The van der Waals surface area contributed by atoms with Crippen molar-refractivity contribution in [2.45, 2.75) is 38.3 Å². The number of furan rings is 1. The second-order valence-electron chi connectivity index (χ2n) is 5.44. The second kappa shape index (κ2) is 6.29. The second-order valence-corrected chi connectivity index (χ2v) is 6.25. The Morgan fingerprint density at radius 2 is 2.17 bits per heavy atom. The van der Waals surface area contributed by atoms with Gasteiger partial charge in [-0.05, 0) is 30.2 Å². The topological polar surface area (TPSA) is 62.5 Å². The van der Waals surface area contributed by atoms with Crippen LogP contribution in [0, 0.1) is 5.41 Å². The van der Waals surface area contributed by atoms with E-state index in [1.165, 1.54) is 11.8 Å². The summed E-state index contributed by atoms with van der Waals surface area (Å²) in [7, 11) is 0. The van der Waals surface area contributed by atoms with E-state index in [0.29, 0.717) is 11.5 Å². The Hall–Kier alpha value is -0.940. The summed E-state index contributed by atoms with van der Waals surface area (Å²) >= 11 is 1.45. The third-order valence-electron chi connectivity index (χ3n) is 2.42. The molecular formula is C13H21NO3S. The average molecular weight is 271 g/mol. The molecule has 4 nitrogen and oxygen atoms in total. The zero-order chi connectivity index (χ0) is 13.8. The Morgan fingerprint density at radius 3 is 2.61 bits per heavy atom. The van der Waals surface area contributed by atoms with Crippen LogP contribution in [0.1, 0.15) is 37.7 Å². The third-order valence-corrected chi connectivity index (χ3v) is 3.04. The molecule has 0 spiro atoms. The van der Waals surface area contributed by atoms with E-state index < -0.39 is 0 Å². The lowest BCUT2D eigenvalue weighted by atomic mass is 9.88. The largest absolute Gasteiger partial charge is 0.445 e. The highest BCUT2D eigenvalue weighted by Crippen LogP contribution is 2.21. The van der Waals surface area contributed by atoms with Crippen molar-refractivity contribution in [2.75, 3.05) is 12.9 Å². The van der Waals surface area contributed by atoms with Crippen molar-refractivity contribution in [3.05, 3.63) is 17.9 Å². The molecule has 0 aromatic carbocycles. The number of hydrogen-bond donors (Lipinski definition) is 2. The summed E-state index contributed by atoms with van der Waals surface area (Å²) in [5.41, 5.74) is 0.0499. The van der Waals surface area contributed by atoms with Gasteiger partial charge in [-0.2, -0.15) is 0 Å². The maximum absolute atomic E-state index is 11.9. The number of nitrogens with one attached hydrogen (secondary N) is 1. The minimum atomic E-state index is -0.279. The average Bonchev–Trinajstić information content (AvgIpc) is 2.74. The molecule has 1 atom stereocenters. The van der Waals surface area contributed by atoms with Crippen LogP contribution in [-0.2, 0) is 0 Å². The fraction of sp³-hybridized carbons (Fsp3) is 0.615. The lowest BCUT2D eigenvalue weighted by molar-refractivity contribution is 0.0865. The quantitative estimate of drug-likeness (QED) is 0.808. The molecule has 2 N–H and O–H groups in total. The van der Waals surface area contributed by atoms with Crippen LogP contribution in [0.4, 0.5) is 0 Å². The normalized spacial score (nSPS) is 13.4. The maximum Gasteiger partial charge on any atom is 0.287 e. The standard InChI is InChI=1S/C13H21NO3S/c1-13(2,3)7-9(8-15)14-12(16)10-5-6-11(17-10)18-4/h5-6,9,15H,7-8H2,1-4H3,(H,14,16). The number of amides is 1. The van der Waals surface area contributed by atoms with Crippen LogP contribution >= 0.6 is 11.8 Å². The highest BCUT2D eigenvalue weighted by atomic mass is 32.2. The van der Waals surface area contributed by atoms with Crippen LogP contribution in [-0.4, -0.2) is 29.9 Å². The smallest absolute Gasteiger partial charge is 0.287 e. The van der Waals surface area contributed by atoms with Gasteiger partial charge in [-0.1, -0.05) is 32.5 Å². The van der Waals surface area contributed by atoms with Crippen LogP contribution < -0.4 is 5.32 Å². The number of rotatable bonds is 5. The molecule has 0 bridgehead atoms. The number of aliphatic hydroxyl groups is 1. The van der Waals surface area contributed by atoms with Gasteiger partial charge in [-0.25, -0.2) is 0 Å². The fourth-order valence-corrected chi connectivity index (χ4v) is 2.09. The Labute approximate surface area is 112 Å². The molecule has 0 radical (unpaired) electrons. The zero-order valence-electron chi connectivity index (χ0n) is 11.3. The Bertz CT molecular complexity index is 395. The van der Waals surface area contributed by atoms with Gasteiger partial charge in [0.1, 0.15) is 0 Å². The molecule has 0 aliphatic heterocycles. The molecule has 1 amide bonds. The van der Waals surface area contributed by atoms with Gasteiger partial charge in [0.05, 0.1) is 12.6 Å². The molecule has 1 unspecified atom stereocenters. The van der Waals surface area contributed by atoms with E-state index in [0.717, 1.165) is 0 Å². The monoisotopic (exact) mass is 271 g/mol. The van der Waals surface area contributed by atoms with E-state index in [-0.39, 0.29) is 29.7 Å². The van der Waals surface area contributed by atoms with Gasteiger partial charge in [-0.15, -0.1) is 0 Å². The first-order chi connectivity index (χ1) is 8.35. The van der Waals surface area contributed by atoms with E-state index in [1.54, 1.807) is 12.1 Å². The predicted octanol–water partition coefficient (Wildman–Crippen LogP) is 2.53. The molecule has 0 aliphatic carbocycles. The summed E-state index contributed by atoms with van der Waals surface area (Å²) in [5, 5.41) is 12.8. The summed E-state index contributed by atoms with van der Waals surface area (Å²) in [6.45, 7) is 6.14. The summed E-state index contributed by atoms with van der Waals surface area (Å²) < 4.78 is 5.34. The van der Waals surface area contributed by atoms with Crippen LogP contribution in [0.5, 0.6) is 0 Å². The Balaban J connectivity index is 2.62. The molecule has 5 heteroatoms. The molecule has 1 heterocycles. The first kappa shape index (κ1) is 15.1. The first-order valence-corrected chi connectivity index (χ1v) is 7.14. The van der Waals surface area contributed by atoms with Crippen LogP contribution in [0.25, 0.3) is 0 Å². The van der Waals surface area contributed by atoms with E-state index in [4.69, 9.17) is 4.42 Å². The molecule has 18 heavy (non-hydrogen) atoms. The van der Waals surface area contributed by atoms with Crippen molar-refractivity contribution >= 4 is 17.7 Å². The zero-order valence-corrected chi connectivity index (χ0v) is 12.1. The highest BCUT2D eigenvalue weighted by Gasteiger charge is 2.21. The van der Waals surface area contributed by atoms with Gasteiger partial charge in [0, 0.05) is 0 Å². The number of carbonyl (C=O) groups is 1. The minimum Gasteiger partial charge on any atom is -0.445 e. The molecule has 0 saturated carbocycles. The molecule has 1 aromatic rings.